The molecule has 0 saturated heterocycles. The summed E-state index contributed by atoms with van der Waals surface area (Å²) in [5, 5.41) is 18.0. The van der Waals surface area contributed by atoms with Crippen molar-refractivity contribution in [3.63, 3.8) is 0 Å². The number of rotatable bonds is 10. The van der Waals surface area contributed by atoms with E-state index in [1.165, 1.54) is 6.07 Å². The van der Waals surface area contributed by atoms with E-state index in [4.69, 9.17) is 9.84 Å². The van der Waals surface area contributed by atoms with Crippen LogP contribution in [0.3, 0.4) is 0 Å². The average molecular weight is 477 g/mol. The first-order valence-corrected chi connectivity index (χ1v) is 11.7. The standard InChI is InChI=1S/C26H28N4O5/c1-2-30(14-8-7-13-24(31)32)25(33)22-15-23(29-28-22)27-26(34)35-16-21-19-11-5-3-9-17(19)18-10-4-6-12-20(18)21/h3-6,9-12,15,21H,2,7-8,13-14,16H2,1H3,(H,31,32)(H2,27,28,29,34). The van der Waals surface area contributed by atoms with Gasteiger partial charge in [0.05, 0.1) is 0 Å². The van der Waals surface area contributed by atoms with Crippen LogP contribution >= 0.6 is 0 Å². The number of carbonyl (C=O) groups is 3. The smallest absolute Gasteiger partial charge is 0.412 e. The number of carbonyl (C=O) groups excluding carboxylic acids is 2. The summed E-state index contributed by atoms with van der Waals surface area (Å²) in [6.07, 6.45) is 0.504. The van der Waals surface area contributed by atoms with Crippen molar-refractivity contribution in [2.75, 3.05) is 25.0 Å². The van der Waals surface area contributed by atoms with E-state index >= 15 is 0 Å². The van der Waals surface area contributed by atoms with Gasteiger partial charge in [0.25, 0.3) is 5.91 Å². The molecule has 182 valence electrons. The van der Waals surface area contributed by atoms with E-state index in [0.717, 1.165) is 22.3 Å². The lowest BCUT2D eigenvalue weighted by Crippen LogP contribution is -2.32. The molecule has 0 saturated carbocycles. The molecular weight excluding hydrogens is 448 g/mol. The van der Waals surface area contributed by atoms with Crippen LogP contribution in [0.15, 0.2) is 54.6 Å². The predicted octanol–water partition coefficient (Wildman–Crippen LogP) is 4.49. The van der Waals surface area contributed by atoms with Crippen LogP contribution in [0.5, 0.6) is 0 Å². The number of amides is 2. The molecule has 35 heavy (non-hydrogen) atoms. The Bertz CT molecular complexity index is 1180. The highest BCUT2D eigenvalue weighted by molar-refractivity contribution is 5.94. The van der Waals surface area contributed by atoms with Gasteiger partial charge >= 0.3 is 12.1 Å². The average Bonchev–Trinajstić information content (AvgIpc) is 3.45. The van der Waals surface area contributed by atoms with Gasteiger partial charge in [0.2, 0.25) is 0 Å². The minimum atomic E-state index is -0.850. The maximum absolute atomic E-state index is 12.7. The molecule has 9 heteroatoms. The number of nitrogens with one attached hydrogen (secondary N) is 2. The number of anilines is 1. The summed E-state index contributed by atoms with van der Waals surface area (Å²) >= 11 is 0. The van der Waals surface area contributed by atoms with Crippen LogP contribution in [0.1, 0.15) is 53.7 Å². The highest BCUT2D eigenvalue weighted by atomic mass is 16.5. The van der Waals surface area contributed by atoms with Crippen LogP contribution in [0, 0.1) is 0 Å². The fourth-order valence-corrected chi connectivity index (χ4v) is 4.39. The summed E-state index contributed by atoms with van der Waals surface area (Å²) in [6.45, 7) is 2.94. The van der Waals surface area contributed by atoms with Crippen molar-refractivity contribution in [3.8, 4) is 11.1 Å². The monoisotopic (exact) mass is 476 g/mol. The Kier molecular flexibility index (Phi) is 7.45. The summed E-state index contributed by atoms with van der Waals surface area (Å²) in [5.74, 6) is -0.982. The number of nitrogens with zero attached hydrogens (tertiary/aromatic N) is 2. The van der Waals surface area contributed by atoms with Gasteiger partial charge in [-0.3, -0.25) is 20.0 Å². The Labute approximate surface area is 203 Å². The van der Waals surface area contributed by atoms with Gasteiger partial charge in [0.15, 0.2) is 5.82 Å². The molecule has 0 bridgehead atoms. The zero-order chi connectivity index (χ0) is 24.8. The molecule has 2 aromatic carbocycles. The Hall–Kier alpha value is -4.14. The Balaban J connectivity index is 1.32. The molecule has 1 aliphatic carbocycles. The quantitative estimate of drug-likeness (QED) is 0.370. The molecule has 4 rings (SSSR count). The third-order valence-corrected chi connectivity index (χ3v) is 6.12. The maximum atomic E-state index is 12.7. The highest BCUT2D eigenvalue weighted by Gasteiger charge is 2.29. The maximum Gasteiger partial charge on any atom is 0.412 e. The van der Waals surface area contributed by atoms with Gasteiger partial charge < -0.3 is 14.7 Å². The molecule has 1 heterocycles. The first-order valence-electron chi connectivity index (χ1n) is 11.7. The number of aliphatic carboxylic acids is 1. The second-order valence-corrected chi connectivity index (χ2v) is 8.35. The Morgan fingerprint density at radius 3 is 2.34 bits per heavy atom. The van der Waals surface area contributed by atoms with E-state index in [9.17, 15) is 14.4 Å². The topological polar surface area (TPSA) is 125 Å². The number of H-pyrrole nitrogens is 1. The minimum absolute atomic E-state index is 0.0521. The number of fused-ring (bicyclic) bond motifs is 3. The number of aromatic amines is 1. The van der Waals surface area contributed by atoms with Gasteiger partial charge in [-0.25, -0.2) is 4.79 Å². The van der Waals surface area contributed by atoms with E-state index in [-0.39, 0.29) is 36.4 Å². The predicted molar refractivity (Wildman–Crippen MR) is 130 cm³/mol. The second-order valence-electron chi connectivity index (χ2n) is 8.35. The lowest BCUT2D eigenvalue weighted by atomic mass is 9.98. The fraction of sp³-hybridized carbons (Fsp3) is 0.308. The Morgan fingerprint density at radius 2 is 1.71 bits per heavy atom. The normalized spacial score (nSPS) is 12.0. The molecule has 9 nitrogen and oxygen atoms in total. The molecule has 0 fully saturated rings. The summed E-state index contributed by atoms with van der Waals surface area (Å²) in [7, 11) is 0. The van der Waals surface area contributed by atoms with Crippen LogP contribution in [0.2, 0.25) is 0 Å². The number of ether oxygens (including phenoxy) is 1. The molecule has 3 N–H and O–H groups in total. The number of carboxylic acid groups (broad SMARTS) is 1. The molecule has 0 atom stereocenters. The van der Waals surface area contributed by atoms with E-state index in [0.29, 0.717) is 25.9 Å². The van der Waals surface area contributed by atoms with Crippen molar-refractivity contribution in [3.05, 3.63) is 71.4 Å². The van der Waals surface area contributed by atoms with Gasteiger partial charge in [0.1, 0.15) is 12.3 Å². The third-order valence-electron chi connectivity index (χ3n) is 6.12. The molecule has 1 aromatic heterocycles. The van der Waals surface area contributed by atoms with Crippen molar-refractivity contribution in [1.82, 2.24) is 15.1 Å². The van der Waals surface area contributed by atoms with Crippen LogP contribution in [0.4, 0.5) is 10.6 Å². The molecule has 0 radical (unpaired) electrons. The first-order chi connectivity index (χ1) is 17.0. The molecule has 0 spiro atoms. The van der Waals surface area contributed by atoms with Crippen molar-refractivity contribution < 1.29 is 24.2 Å². The largest absolute Gasteiger partial charge is 0.481 e. The van der Waals surface area contributed by atoms with Crippen LogP contribution < -0.4 is 5.32 Å². The highest BCUT2D eigenvalue weighted by Crippen LogP contribution is 2.44. The molecular formula is C26H28N4O5. The number of aromatic nitrogens is 2. The van der Waals surface area contributed by atoms with Crippen LogP contribution in [0.25, 0.3) is 11.1 Å². The lowest BCUT2D eigenvalue weighted by molar-refractivity contribution is -0.137. The zero-order valence-corrected chi connectivity index (χ0v) is 19.5. The second kappa shape index (κ2) is 10.9. The van der Waals surface area contributed by atoms with Crippen molar-refractivity contribution in [2.24, 2.45) is 0 Å². The van der Waals surface area contributed by atoms with Crippen molar-refractivity contribution in [2.45, 2.75) is 32.1 Å². The summed E-state index contributed by atoms with van der Waals surface area (Å²) < 4.78 is 5.52. The number of carboxylic acids is 1. The van der Waals surface area contributed by atoms with Crippen molar-refractivity contribution >= 4 is 23.8 Å². The minimum Gasteiger partial charge on any atom is -0.481 e. The summed E-state index contributed by atoms with van der Waals surface area (Å²) in [5.41, 5.74) is 4.78. The summed E-state index contributed by atoms with van der Waals surface area (Å²) in [4.78, 5) is 37.4. The van der Waals surface area contributed by atoms with Gasteiger partial charge in [-0.05, 0) is 42.0 Å². The van der Waals surface area contributed by atoms with Gasteiger partial charge in [-0.15, -0.1) is 0 Å². The molecule has 0 aliphatic heterocycles. The molecule has 0 unspecified atom stereocenters. The molecule has 2 amide bonds. The summed E-state index contributed by atoms with van der Waals surface area (Å²) in [6, 6.07) is 17.7. The third kappa shape index (κ3) is 5.51. The number of unbranched alkanes of at least 4 members (excludes halogenated alkanes) is 1. The van der Waals surface area contributed by atoms with Gasteiger partial charge in [-0.1, -0.05) is 48.5 Å². The molecule has 1 aliphatic rings. The van der Waals surface area contributed by atoms with E-state index < -0.39 is 12.1 Å². The Morgan fingerprint density at radius 1 is 1.06 bits per heavy atom. The van der Waals surface area contributed by atoms with E-state index in [2.05, 4.69) is 27.6 Å². The number of hydrogen-bond acceptors (Lipinski definition) is 5. The number of hydrogen-bond donors (Lipinski definition) is 3. The number of benzene rings is 2. The molecule has 3 aromatic rings. The van der Waals surface area contributed by atoms with Gasteiger partial charge in [0, 0.05) is 31.5 Å². The van der Waals surface area contributed by atoms with Crippen LogP contribution in [-0.4, -0.2) is 57.9 Å². The lowest BCUT2D eigenvalue weighted by Gasteiger charge is -2.19. The SMILES string of the molecule is CCN(CCCCC(=O)O)C(=O)c1cc(NC(=O)OCC2c3ccccc3-c3ccccc32)n[nH]1. The van der Waals surface area contributed by atoms with E-state index in [1.807, 2.05) is 43.3 Å². The van der Waals surface area contributed by atoms with Crippen molar-refractivity contribution in [1.29, 1.82) is 0 Å². The van der Waals surface area contributed by atoms with Gasteiger partial charge in [-0.2, -0.15) is 5.10 Å². The van der Waals surface area contributed by atoms with Crippen LogP contribution in [-0.2, 0) is 9.53 Å². The van der Waals surface area contributed by atoms with E-state index in [1.54, 1.807) is 4.90 Å². The first kappa shape index (κ1) is 24.0. The fourth-order valence-electron chi connectivity index (χ4n) is 4.39. The zero-order valence-electron chi connectivity index (χ0n) is 19.5.